The highest BCUT2D eigenvalue weighted by Crippen LogP contribution is 2.14. The Morgan fingerprint density at radius 2 is 2.25 bits per heavy atom. The molecule has 1 rings (SSSR count). The number of thiophene rings is 1. The Labute approximate surface area is 104 Å². The summed E-state index contributed by atoms with van der Waals surface area (Å²) in [6.07, 6.45) is 2.53. The van der Waals surface area contributed by atoms with E-state index in [-0.39, 0.29) is 0 Å². The molecule has 1 heterocycles. The van der Waals surface area contributed by atoms with Gasteiger partial charge in [0.05, 0.1) is 0 Å². The van der Waals surface area contributed by atoms with Crippen LogP contribution in [0.15, 0.2) is 17.5 Å². The summed E-state index contributed by atoms with van der Waals surface area (Å²) >= 11 is 1.85. The SMILES string of the molecule is CCCC(CNCC)N(C)Cc1cccs1. The van der Waals surface area contributed by atoms with Crippen LogP contribution < -0.4 is 5.32 Å². The minimum Gasteiger partial charge on any atom is -0.315 e. The summed E-state index contributed by atoms with van der Waals surface area (Å²) in [4.78, 5) is 3.93. The zero-order valence-corrected chi connectivity index (χ0v) is 11.5. The Bertz CT molecular complexity index is 259. The van der Waals surface area contributed by atoms with Gasteiger partial charge in [-0.2, -0.15) is 0 Å². The first kappa shape index (κ1) is 13.7. The van der Waals surface area contributed by atoms with Crippen LogP contribution in [-0.2, 0) is 6.54 Å². The summed E-state index contributed by atoms with van der Waals surface area (Å²) in [5.74, 6) is 0. The van der Waals surface area contributed by atoms with Gasteiger partial charge in [-0.3, -0.25) is 4.90 Å². The molecule has 1 aromatic heterocycles. The molecule has 1 unspecified atom stereocenters. The van der Waals surface area contributed by atoms with Gasteiger partial charge in [0, 0.05) is 24.0 Å². The van der Waals surface area contributed by atoms with Gasteiger partial charge in [-0.15, -0.1) is 11.3 Å². The van der Waals surface area contributed by atoms with Gasteiger partial charge in [-0.05, 0) is 31.5 Å². The molecule has 0 aliphatic carbocycles. The predicted octanol–water partition coefficient (Wildman–Crippen LogP) is 2.96. The van der Waals surface area contributed by atoms with E-state index in [0.717, 1.165) is 19.6 Å². The third-order valence-corrected chi connectivity index (χ3v) is 3.72. The van der Waals surface area contributed by atoms with Gasteiger partial charge in [-0.25, -0.2) is 0 Å². The maximum Gasteiger partial charge on any atom is 0.0328 e. The van der Waals surface area contributed by atoms with Crippen LogP contribution in [0.4, 0.5) is 0 Å². The number of likely N-dealkylation sites (N-methyl/N-ethyl adjacent to an activating group) is 2. The molecule has 1 N–H and O–H groups in total. The molecule has 0 aliphatic rings. The molecular formula is C13H24N2S. The van der Waals surface area contributed by atoms with Gasteiger partial charge in [-0.1, -0.05) is 26.3 Å². The summed E-state index contributed by atoms with van der Waals surface area (Å²) in [6.45, 7) is 7.67. The smallest absolute Gasteiger partial charge is 0.0328 e. The van der Waals surface area contributed by atoms with Crippen LogP contribution in [0.5, 0.6) is 0 Å². The van der Waals surface area contributed by atoms with Crippen molar-refractivity contribution in [2.24, 2.45) is 0 Å². The number of nitrogens with one attached hydrogen (secondary N) is 1. The van der Waals surface area contributed by atoms with Crippen LogP contribution in [0.25, 0.3) is 0 Å². The third kappa shape index (κ3) is 4.64. The highest BCUT2D eigenvalue weighted by atomic mass is 32.1. The van der Waals surface area contributed by atoms with Crippen molar-refractivity contribution < 1.29 is 0 Å². The Morgan fingerprint density at radius 1 is 1.44 bits per heavy atom. The third-order valence-electron chi connectivity index (χ3n) is 2.86. The molecule has 3 heteroatoms. The first-order valence-electron chi connectivity index (χ1n) is 6.21. The predicted molar refractivity (Wildman–Crippen MR) is 73.0 cm³/mol. The van der Waals surface area contributed by atoms with Crippen LogP contribution in [0.2, 0.25) is 0 Å². The maximum atomic E-state index is 3.46. The zero-order valence-electron chi connectivity index (χ0n) is 10.7. The number of hydrogen-bond acceptors (Lipinski definition) is 3. The highest BCUT2D eigenvalue weighted by molar-refractivity contribution is 7.09. The first-order chi connectivity index (χ1) is 7.77. The van der Waals surface area contributed by atoms with E-state index in [1.165, 1.54) is 17.7 Å². The molecule has 0 spiro atoms. The molecule has 16 heavy (non-hydrogen) atoms. The Balaban J connectivity index is 2.42. The van der Waals surface area contributed by atoms with Gasteiger partial charge in [0.15, 0.2) is 0 Å². The molecular weight excluding hydrogens is 216 g/mol. The minimum atomic E-state index is 0.659. The molecule has 0 amide bonds. The molecule has 92 valence electrons. The number of nitrogens with zero attached hydrogens (tertiary/aromatic N) is 1. The van der Waals surface area contributed by atoms with Crippen molar-refractivity contribution in [2.75, 3.05) is 20.1 Å². The zero-order chi connectivity index (χ0) is 11.8. The van der Waals surface area contributed by atoms with E-state index in [1.54, 1.807) is 0 Å². The quantitative estimate of drug-likeness (QED) is 0.751. The molecule has 0 saturated carbocycles. The van der Waals surface area contributed by atoms with Crippen molar-refractivity contribution >= 4 is 11.3 Å². The molecule has 0 aromatic carbocycles. The van der Waals surface area contributed by atoms with Crippen LogP contribution in [0.1, 0.15) is 31.6 Å². The average Bonchev–Trinajstić information content (AvgIpc) is 2.76. The van der Waals surface area contributed by atoms with Gasteiger partial charge in [0.2, 0.25) is 0 Å². The highest BCUT2D eigenvalue weighted by Gasteiger charge is 2.13. The first-order valence-corrected chi connectivity index (χ1v) is 7.09. The summed E-state index contributed by atoms with van der Waals surface area (Å²) in [7, 11) is 2.23. The van der Waals surface area contributed by atoms with Gasteiger partial charge in [0.25, 0.3) is 0 Å². The molecule has 0 bridgehead atoms. The molecule has 0 aliphatic heterocycles. The second kappa shape index (κ2) is 7.82. The normalized spacial score (nSPS) is 13.2. The van der Waals surface area contributed by atoms with E-state index in [1.807, 2.05) is 11.3 Å². The second-order valence-electron chi connectivity index (χ2n) is 4.24. The Morgan fingerprint density at radius 3 is 2.81 bits per heavy atom. The summed E-state index contributed by atoms with van der Waals surface area (Å²) < 4.78 is 0. The Kier molecular flexibility index (Phi) is 6.69. The lowest BCUT2D eigenvalue weighted by Gasteiger charge is -2.27. The summed E-state index contributed by atoms with van der Waals surface area (Å²) in [5.41, 5.74) is 0. The molecule has 0 radical (unpaired) electrons. The fourth-order valence-corrected chi connectivity index (χ4v) is 2.67. The molecule has 1 atom stereocenters. The molecule has 0 saturated heterocycles. The van der Waals surface area contributed by atoms with E-state index < -0.39 is 0 Å². The van der Waals surface area contributed by atoms with Crippen molar-refractivity contribution in [1.82, 2.24) is 10.2 Å². The van der Waals surface area contributed by atoms with Crippen LogP contribution in [0, 0.1) is 0 Å². The second-order valence-corrected chi connectivity index (χ2v) is 5.28. The molecule has 0 fully saturated rings. The van der Waals surface area contributed by atoms with Crippen molar-refractivity contribution in [3.05, 3.63) is 22.4 Å². The standard InChI is InChI=1S/C13H24N2S/c1-4-7-12(10-14-5-2)15(3)11-13-8-6-9-16-13/h6,8-9,12,14H,4-5,7,10-11H2,1-3H3. The topological polar surface area (TPSA) is 15.3 Å². The average molecular weight is 240 g/mol. The fourth-order valence-electron chi connectivity index (χ4n) is 1.90. The van der Waals surface area contributed by atoms with E-state index in [9.17, 15) is 0 Å². The molecule has 1 aromatic rings. The summed E-state index contributed by atoms with van der Waals surface area (Å²) in [5, 5.41) is 5.61. The van der Waals surface area contributed by atoms with Crippen molar-refractivity contribution in [3.63, 3.8) is 0 Å². The lowest BCUT2D eigenvalue weighted by atomic mass is 10.1. The van der Waals surface area contributed by atoms with Crippen LogP contribution >= 0.6 is 11.3 Å². The van der Waals surface area contributed by atoms with Crippen LogP contribution in [-0.4, -0.2) is 31.1 Å². The summed E-state index contributed by atoms with van der Waals surface area (Å²) in [6, 6.07) is 5.01. The fraction of sp³-hybridized carbons (Fsp3) is 0.692. The van der Waals surface area contributed by atoms with E-state index in [2.05, 4.69) is 48.6 Å². The minimum absolute atomic E-state index is 0.659. The number of rotatable bonds is 8. The number of hydrogen-bond donors (Lipinski definition) is 1. The monoisotopic (exact) mass is 240 g/mol. The maximum absolute atomic E-state index is 3.46. The van der Waals surface area contributed by atoms with Gasteiger partial charge < -0.3 is 5.32 Å². The van der Waals surface area contributed by atoms with Crippen molar-refractivity contribution in [2.45, 2.75) is 39.3 Å². The van der Waals surface area contributed by atoms with Crippen molar-refractivity contribution in [1.29, 1.82) is 0 Å². The van der Waals surface area contributed by atoms with E-state index >= 15 is 0 Å². The largest absolute Gasteiger partial charge is 0.315 e. The van der Waals surface area contributed by atoms with Gasteiger partial charge in [0.1, 0.15) is 0 Å². The lowest BCUT2D eigenvalue weighted by Crippen LogP contribution is -2.39. The van der Waals surface area contributed by atoms with E-state index in [0.29, 0.717) is 6.04 Å². The molecule has 2 nitrogen and oxygen atoms in total. The van der Waals surface area contributed by atoms with Crippen LogP contribution in [0.3, 0.4) is 0 Å². The van der Waals surface area contributed by atoms with E-state index in [4.69, 9.17) is 0 Å². The Hall–Kier alpha value is -0.380. The van der Waals surface area contributed by atoms with Gasteiger partial charge >= 0.3 is 0 Å². The van der Waals surface area contributed by atoms with Crippen molar-refractivity contribution in [3.8, 4) is 0 Å². The lowest BCUT2D eigenvalue weighted by molar-refractivity contribution is 0.217.